The summed E-state index contributed by atoms with van der Waals surface area (Å²) in [6, 6.07) is 2.36. The van der Waals surface area contributed by atoms with Crippen LogP contribution in [0.2, 0.25) is 0 Å². The maximum atomic E-state index is 13.5. The molecule has 1 unspecified atom stereocenters. The molecular formula is C10H12F2O2. The molecule has 0 amide bonds. The van der Waals surface area contributed by atoms with Crippen LogP contribution in [-0.2, 0) is 11.3 Å². The van der Waals surface area contributed by atoms with Crippen LogP contribution in [0, 0.1) is 11.6 Å². The van der Waals surface area contributed by atoms with Gasteiger partial charge in [-0.15, -0.1) is 0 Å². The summed E-state index contributed by atoms with van der Waals surface area (Å²) < 4.78 is 31.2. The SMILES string of the molecule is COCc1c(F)ccc(C(C)O)c1F. The molecule has 0 aliphatic carbocycles. The third-order valence-electron chi connectivity index (χ3n) is 1.95. The smallest absolute Gasteiger partial charge is 0.137 e. The zero-order valence-corrected chi connectivity index (χ0v) is 8.05. The lowest BCUT2D eigenvalue weighted by atomic mass is 10.1. The van der Waals surface area contributed by atoms with E-state index in [1.54, 1.807) is 0 Å². The van der Waals surface area contributed by atoms with Gasteiger partial charge in [-0.25, -0.2) is 8.78 Å². The molecule has 78 valence electrons. The van der Waals surface area contributed by atoms with E-state index in [2.05, 4.69) is 4.74 Å². The molecule has 2 nitrogen and oxygen atoms in total. The lowest BCUT2D eigenvalue weighted by Crippen LogP contribution is -2.04. The van der Waals surface area contributed by atoms with E-state index in [-0.39, 0.29) is 17.7 Å². The standard InChI is InChI=1S/C10H12F2O2/c1-6(13)7-3-4-9(11)8(5-14-2)10(7)12/h3-4,6,13H,5H2,1-2H3. The number of aliphatic hydroxyl groups excluding tert-OH is 1. The number of methoxy groups -OCH3 is 1. The molecule has 0 fully saturated rings. The summed E-state index contributed by atoms with van der Waals surface area (Å²) in [7, 11) is 1.36. The quantitative estimate of drug-likeness (QED) is 0.813. The molecule has 0 spiro atoms. The third kappa shape index (κ3) is 2.08. The fourth-order valence-corrected chi connectivity index (χ4v) is 1.22. The Labute approximate surface area is 81.1 Å². The topological polar surface area (TPSA) is 29.5 Å². The van der Waals surface area contributed by atoms with E-state index in [9.17, 15) is 13.9 Å². The summed E-state index contributed by atoms with van der Waals surface area (Å²) in [5.74, 6) is -1.39. The van der Waals surface area contributed by atoms with Crippen LogP contribution in [0.5, 0.6) is 0 Å². The third-order valence-corrected chi connectivity index (χ3v) is 1.95. The van der Waals surface area contributed by atoms with Crippen molar-refractivity contribution in [1.82, 2.24) is 0 Å². The normalized spacial score (nSPS) is 12.9. The minimum Gasteiger partial charge on any atom is -0.389 e. The Kier molecular flexibility index (Phi) is 3.55. The monoisotopic (exact) mass is 202 g/mol. The maximum Gasteiger partial charge on any atom is 0.137 e. The van der Waals surface area contributed by atoms with Gasteiger partial charge in [-0.1, -0.05) is 6.07 Å². The zero-order valence-electron chi connectivity index (χ0n) is 8.05. The predicted molar refractivity (Wildman–Crippen MR) is 47.7 cm³/mol. The van der Waals surface area contributed by atoms with Crippen LogP contribution < -0.4 is 0 Å². The minimum absolute atomic E-state index is 0.0819. The fourth-order valence-electron chi connectivity index (χ4n) is 1.22. The molecule has 1 rings (SSSR count). The summed E-state index contributed by atoms with van der Waals surface area (Å²) in [5.41, 5.74) is -0.0654. The highest BCUT2D eigenvalue weighted by Crippen LogP contribution is 2.22. The van der Waals surface area contributed by atoms with Crippen LogP contribution in [-0.4, -0.2) is 12.2 Å². The average molecular weight is 202 g/mol. The first-order chi connectivity index (χ1) is 6.57. The molecular weight excluding hydrogens is 190 g/mol. The summed E-state index contributed by atoms with van der Waals surface area (Å²) in [6.07, 6.45) is -0.953. The summed E-state index contributed by atoms with van der Waals surface area (Å²) in [6.45, 7) is 1.28. The van der Waals surface area contributed by atoms with E-state index in [4.69, 9.17) is 0 Å². The molecule has 0 saturated heterocycles. The van der Waals surface area contributed by atoms with Gasteiger partial charge in [0.25, 0.3) is 0 Å². The van der Waals surface area contributed by atoms with Crippen LogP contribution in [0.3, 0.4) is 0 Å². The number of benzene rings is 1. The van der Waals surface area contributed by atoms with Crippen molar-refractivity contribution >= 4 is 0 Å². The van der Waals surface area contributed by atoms with Crippen molar-refractivity contribution in [3.05, 3.63) is 34.9 Å². The van der Waals surface area contributed by atoms with Gasteiger partial charge in [-0.05, 0) is 13.0 Å². The minimum atomic E-state index is -0.953. The maximum absolute atomic E-state index is 13.5. The number of halogens is 2. The van der Waals surface area contributed by atoms with Crippen LogP contribution in [0.1, 0.15) is 24.2 Å². The number of hydrogen-bond donors (Lipinski definition) is 1. The van der Waals surface area contributed by atoms with Crippen LogP contribution >= 0.6 is 0 Å². The van der Waals surface area contributed by atoms with E-state index >= 15 is 0 Å². The Bertz CT molecular complexity index is 324. The summed E-state index contributed by atoms with van der Waals surface area (Å²) in [4.78, 5) is 0. The highest BCUT2D eigenvalue weighted by atomic mass is 19.1. The van der Waals surface area contributed by atoms with E-state index < -0.39 is 17.7 Å². The van der Waals surface area contributed by atoms with Gasteiger partial charge in [0.15, 0.2) is 0 Å². The molecule has 0 radical (unpaired) electrons. The second kappa shape index (κ2) is 4.48. The second-order valence-corrected chi connectivity index (χ2v) is 3.04. The van der Waals surface area contributed by atoms with Crippen molar-refractivity contribution in [2.24, 2.45) is 0 Å². The van der Waals surface area contributed by atoms with Crippen molar-refractivity contribution in [3.8, 4) is 0 Å². The van der Waals surface area contributed by atoms with Gasteiger partial charge in [0.1, 0.15) is 11.6 Å². The molecule has 1 aromatic rings. The van der Waals surface area contributed by atoms with Crippen molar-refractivity contribution in [2.75, 3.05) is 7.11 Å². The zero-order chi connectivity index (χ0) is 10.7. The first kappa shape index (κ1) is 11.1. The van der Waals surface area contributed by atoms with Gasteiger partial charge < -0.3 is 9.84 Å². The molecule has 0 aliphatic heterocycles. The fraction of sp³-hybridized carbons (Fsp3) is 0.400. The van der Waals surface area contributed by atoms with Gasteiger partial charge in [0, 0.05) is 18.2 Å². The van der Waals surface area contributed by atoms with Crippen molar-refractivity contribution < 1.29 is 18.6 Å². The number of ether oxygens (including phenoxy) is 1. The van der Waals surface area contributed by atoms with E-state index in [0.29, 0.717) is 0 Å². The summed E-state index contributed by atoms with van der Waals surface area (Å²) in [5, 5.41) is 9.18. The van der Waals surface area contributed by atoms with Gasteiger partial charge >= 0.3 is 0 Å². The van der Waals surface area contributed by atoms with Gasteiger partial charge in [0.05, 0.1) is 12.7 Å². The lowest BCUT2D eigenvalue weighted by Gasteiger charge is -2.10. The van der Waals surface area contributed by atoms with Crippen molar-refractivity contribution in [3.63, 3.8) is 0 Å². The van der Waals surface area contributed by atoms with Crippen molar-refractivity contribution in [2.45, 2.75) is 19.6 Å². The Hall–Kier alpha value is -1.00. The predicted octanol–water partition coefficient (Wildman–Crippen LogP) is 2.16. The molecule has 4 heteroatoms. The Morgan fingerprint density at radius 1 is 1.43 bits per heavy atom. The molecule has 0 heterocycles. The van der Waals surface area contributed by atoms with Crippen LogP contribution in [0.25, 0.3) is 0 Å². The summed E-state index contributed by atoms with van der Waals surface area (Å²) >= 11 is 0. The first-order valence-corrected chi connectivity index (χ1v) is 4.21. The van der Waals surface area contributed by atoms with Crippen molar-refractivity contribution in [1.29, 1.82) is 0 Å². The highest BCUT2D eigenvalue weighted by molar-refractivity contribution is 5.28. The van der Waals surface area contributed by atoms with E-state index in [0.717, 1.165) is 6.07 Å². The lowest BCUT2D eigenvalue weighted by molar-refractivity contribution is 0.172. The molecule has 1 aromatic carbocycles. The number of rotatable bonds is 3. The van der Waals surface area contributed by atoms with Gasteiger partial charge in [-0.3, -0.25) is 0 Å². The molecule has 14 heavy (non-hydrogen) atoms. The number of hydrogen-bond acceptors (Lipinski definition) is 2. The number of aliphatic hydroxyl groups is 1. The second-order valence-electron chi connectivity index (χ2n) is 3.04. The highest BCUT2D eigenvalue weighted by Gasteiger charge is 2.15. The first-order valence-electron chi connectivity index (χ1n) is 4.21. The van der Waals surface area contributed by atoms with Crippen LogP contribution in [0.15, 0.2) is 12.1 Å². The Morgan fingerprint density at radius 2 is 2.07 bits per heavy atom. The molecule has 0 saturated carbocycles. The largest absolute Gasteiger partial charge is 0.389 e. The van der Waals surface area contributed by atoms with Gasteiger partial charge in [-0.2, -0.15) is 0 Å². The Morgan fingerprint density at radius 3 is 2.57 bits per heavy atom. The van der Waals surface area contributed by atoms with E-state index in [1.165, 1.54) is 20.1 Å². The van der Waals surface area contributed by atoms with E-state index in [1.807, 2.05) is 0 Å². The van der Waals surface area contributed by atoms with Gasteiger partial charge in [0.2, 0.25) is 0 Å². The molecule has 1 N–H and O–H groups in total. The van der Waals surface area contributed by atoms with Crippen LogP contribution in [0.4, 0.5) is 8.78 Å². The molecule has 0 bridgehead atoms. The molecule has 0 aliphatic rings. The molecule has 0 aromatic heterocycles. The Balaban J connectivity index is 3.19. The average Bonchev–Trinajstić information content (AvgIpc) is 2.11. The molecule has 1 atom stereocenters.